The predicted molar refractivity (Wildman–Crippen MR) is 73.9 cm³/mol. The topological polar surface area (TPSA) is 38.5 Å². The third kappa shape index (κ3) is 3.36. The zero-order valence-corrected chi connectivity index (χ0v) is 11.5. The highest BCUT2D eigenvalue weighted by atomic mass is 32.1. The summed E-state index contributed by atoms with van der Waals surface area (Å²) < 4.78 is 42.0. The second-order valence-electron chi connectivity index (χ2n) is 4.21. The summed E-state index contributed by atoms with van der Waals surface area (Å²) in [6, 6.07) is 4.11. The molecule has 2 aromatic rings. The number of nitrogens with two attached hydrogens (primary N) is 1. The third-order valence-electron chi connectivity index (χ3n) is 2.71. The van der Waals surface area contributed by atoms with Crippen molar-refractivity contribution < 1.29 is 17.9 Å². The average molecular weight is 302 g/mol. The molecule has 0 aliphatic carbocycles. The van der Waals surface area contributed by atoms with Gasteiger partial charge in [0, 0.05) is 25.7 Å². The number of nitrogens with zero attached hydrogens (tertiary/aromatic N) is 1. The largest absolute Gasteiger partial charge is 0.432 e. The van der Waals surface area contributed by atoms with Crippen molar-refractivity contribution in [2.24, 2.45) is 0 Å². The number of nitrogen functional groups attached to an aromatic ring is 1. The highest BCUT2D eigenvalue weighted by Crippen LogP contribution is 2.32. The van der Waals surface area contributed by atoms with Gasteiger partial charge in [-0.25, -0.2) is 4.39 Å². The summed E-state index contributed by atoms with van der Waals surface area (Å²) in [5, 5.41) is 3.90. The van der Waals surface area contributed by atoms with Crippen molar-refractivity contribution in [3.8, 4) is 5.75 Å². The maximum absolute atomic E-state index is 13.5. The molecule has 2 rings (SSSR count). The van der Waals surface area contributed by atoms with Gasteiger partial charge < -0.3 is 15.4 Å². The van der Waals surface area contributed by atoms with Gasteiger partial charge in [-0.05, 0) is 22.4 Å². The standard InChI is InChI=1S/C13H13F3N2OS/c1-18(6-8-2-3-20-7-8)11-5-12(19-13(15)16)9(14)4-10(11)17/h2-5,7,13H,6,17H2,1H3. The molecule has 2 N–H and O–H groups in total. The lowest BCUT2D eigenvalue weighted by Gasteiger charge is -2.21. The van der Waals surface area contributed by atoms with E-state index in [1.807, 2.05) is 16.8 Å². The van der Waals surface area contributed by atoms with E-state index in [-0.39, 0.29) is 5.69 Å². The lowest BCUT2D eigenvalue weighted by Crippen LogP contribution is -2.18. The second-order valence-corrected chi connectivity index (χ2v) is 4.99. The van der Waals surface area contributed by atoms with Crippen molar-refractivity contribution in [2.45, 2.75) is 13.2 Å². The van der Waals surface area contributed by atoms with E-state index in [1.54, 1.807) is 23.3 Å². The van der Waals surface area contributed by atoms with E-state index >= 15 is 0 Å². The Kier molecular flexibility index (Phi) is 4.39. The Labute approximate surface area is 118 Å². The summed E-state index contributed by atoms with van der Waals surface area (Å²) in [6.45, 7) is -2.55. The van der Waals surface area contributed by atoms with Crippen molar-refractivity contribution in [3.63, 3.8) is 0 Å². The Morgan fingerprint density at radius 1 is 1.40 bits per heavy atom. The van der Waals surface area contributed by atoms with E-state index in [0.29, 0.717) is 12.2 Å². The Hall–Kier alpha value is -1.89. The van der Waals surface area contributed by atoms with Gasteiger partial charge in [0.05, 0.1) is 11.4 Å². The molecule has 0 amide bonds. The lowest BCUT2D eigenvalue weighted by molar-refractivity contribution is -0.0521. The molecule has 0 atom stereocenters. The van der Waals surface area contributed by atoms with Crippen LogP contribution < -0.4 is 15.4 Å². The Morgan fingerprint density at radius 3 is 2.75 bits per heavy atom. The molecule has 0 spiro atoms. The fraction of sp³-hybridized carbons (Fsp3) is 0.231. The Bertz CT molecular complexity index is 575. The number of hydrogen-bond donors (Lipinski definition) is 1. The fourth-order valence-corrected chi connectivity index (χ4v) is 2.48. The first-order valence-electron chi connectivity index (χ1n) is 5.73. The van der Waals surface area contributed by atoms with Gasteiger partial charge in [0.2, 0.25) is 0 Å². The van der Waals surface area contributed by atoms with Gasteiger partial charge in [-0.2, -0.15) is 20.1 Å². The highest BCUT2D eigenvalue weighted by molar-refractivity contribution is 7.07. The molecule has 0 radical (unpaired) electrons. The molecule has 108 valence electrons. The van der Waals surface area contributed by atoms with Crippen LogP contribution >= 0.6 is 11.3 Å². The molecule has 0 aliphatic rings. The van der Waals surface area contributed by atoms with Crippen molar-refractivity contribution in [3.05, 3.63) is 40.3 Å². The summed E-state index contributed by atoms with van der Waals surface area (Å²) in [5.41, 5.74) is 7.39. The number of hydrogen-bond acceptors (Lipinski definition) is 4. The van der Waals surface area contributed by atoms with Crippen LogP contribution in [0.5, 0.6) is 5.75 Å². The van der Waals surface area contributed by atoms with Gasteiger partial charge in [-0.15, -0.1) is 0 Å². The molecule has 0 saturated heterocycles. The minimum absolute atomic E-state index is 0.168. The van der Waals surface area contributed by atoms with Crippen LogP contribution in [0.1, 0.15) is 5.56 Å². The first-order chi connectivity index (χ1) is 9.47. The molecular weight excluding hydrogens is 289 g/mol. The molecule has 1 aromatic carbocycles. The quantitative estimate of drug-likeness (QED) is 0.856. The van der Waals surface area contributed by atoms with Gasteiger partial charge in [0.15, 0.2) is 11.6 Å². The minimum atomic E-state index is -3.08. The second kappa shape index (κ2) is 6.04. The first-order valence-corrected chi connectivity index (χ1v) is 6.67. The van der Waals surface area contributed by atoms with Crippen LogP contribution in [0.25, 0.3) is 0 Å². The normalized spacial score (nSPS) is 10.8. The van der Waals surface area contributed by atoms with Gasteiger partial charge in [0.1, 0.15) is 0 Å². The van der Waals surface area contributed by atoms with Crippen molar-refractivity contribution in [1.29, 1.82) is 0 Å². The molecular formula is C13H13F3N2OS. The molecule has 3 nitrogen and oxygen atoms in total. The number of rotatable bonds is 5. The summed E-state index contributed by atoms with van der Waals surface area (Å²) >= 11 is 1.55. The minimum Gasteiger partial charge on any atom is -0.432 e. The number of benzene rings is 1. The van der Waals surface area contributed by atoms with Crippen LogP contribution in [0.2, 0.25) is 0 Å². The monoisotopic (exact) mass is 302 g/mol. The fourth-order valence-electron chi connectivity index (χ4n) is 1.82. The molecule has 0 fully saturated rings. The van der Waals surface area contributed by atoms with Gasteiger partial charge >= 0.3 is 6.61 Å². The van der Waals surface area contributed by atoms with Gasteiger partial charge in [-0.3, -0.25) is 0 Å². The molecule has 7 heteroatoms. The third-order valence-corrected chi connectivity index (χ3v) is 3.44. The predicted octanol–water partition coefficient (Wildman–Crippen LogP) is 3.71. The van der Waals surface area contributed by atoms with E-state index in [2.05, 4.69) is 4.74 Å². The molecule has 1 heterocycles. The van der Waals surface area contributed by atoms with E-state index in [4.69, 9.17) is 5.73 Å². The number of thiophene rings is 1. The van der Waals surface area contributed by atoms with Gasteiger partial charge in [-0.1, -0.05) is 0 Å². The number of anilines is 2. The zero-order valence-electron chi connectivity index (χ0n) is 10.6. The molecule has 0 saturated carbocycles. The summed E-state index contributed by atoms with van der Waals surface area (Å²) in [4.78, 5) is 1.75. The van der Waals surface area contributed by atoms with Crippen LogP contribution in [0.15, 0.2) is 29.0 Å². The highest BCUT2D eigenvalue weighted by Gasteiger charge is 2.15. The molecule has 0 bridgehead atoms. The molecule has 1 aromatic heterocycles. The van der Waals surface area contributed by atoms with E-state index in [0.717, 1.165) is 11.6 Å². The number of alkyl halides is 2. The van der Waals surface area contributed by atoms with E-state index in [9.17, 15) is 13.2 Å². The zero-order chi connectivity index (χ0) is 14.7. The van der Waals surface area contributed by atoms with Crippen LogP contribution in [-0.4, -0.2) is 13.7 Å². The van der Waals surface area contributed by atoms with E-state index < -0.39 is 18.2 Å². The van der Waals surface area contributed by atoms with E-state index in [1.165, 1.54) is 6.07 Å². The summed E-state index contributed by atoms with van der Waals surface area (Å²) in [7, 11) is 1.74. The summed E-state index contributed by atoms with van der Waals surface area (Å²) in [5.74, 6) is -1.42. The SMILES string of the molecule is CN(Cc1ccsc1)c1cc(OC(F)F)c(F)cc1N. The number of ether oxygens (including phenoxy) is 1. The molecule has 0 unspecified atom stereocenters. The van der Waals surface area contributed by atoms with Gasteiger partial charge in [0.25, 0.3) is 0 Å². The maximum atomic E-state index is 13.5. The van der Waals surface area contributed by atoms with Crippen LogP contribution in [-0.2, 0) is 6.54 Å². The van der Waals surface area contributed by atoms with Crippen molar-refractivity contribution in [2.75, 3.05) is 17.7 Å². The lowest BCUT2D eigenvalue weighted by atomic mass is 10.2. The van der Waals surface area contributed by atoms with Crippen LogP contribution in [0, 0.1) is 5.82 Å². The Morgan fingerprint density at radius 2 is 2.15 bits per heavy atom. The Balaban J connectivity index is 2.25. The van der Waals surface area contributed by atoms with Crippen LogP contribution in [0.4, 0.5) is 24.5 Å². The first kappa shape index (κ1) is 14.5. The van der Waals surface area contributed by atoms with Crippen molar-refractivity contribution >= 4 is 22.7 Å². The van der Waals surface area contributed by atoms with Crippen LogP contribution in [0.3, 0.4) is 0 Å². The molecule has 20 heavy (non-hydrogen) atoms. The van der Waals surface area contributed by atoms with Crippen molar-refractivity contribution in [1.82, 2.24) is 0 Å². The number of halogens is 3. The maximum Gasteiger partial charge on any atom is 0.387 e. The molecule has 0 aliphatic heterocycles. The smallest absolute Gasteiger partial charge is 0.387 e. The summed E-state index contributed by atoms with van der Waals surface area (Å²) in [6.07, 6.45) is 0. The average Bonchev–Trinajstić information content (AvgIpc) is 2.84.